The summed E-state index contributed by atoms with van der Waals surface area (Å²) >= 11 is 0. The van der Waals surface area contributed by atoms with Gasteiger partial charge in [0.1, 0.15) is 5.60 Å². The zero-order valence-corrected chi connectivity index (χ0v) is 37.4. The minimum Gasteiger partial charge on any atom is -0.463 e. The van der Waals surface area contributed by atoms with E-state index < -0.39 is 30.6 Å². The summed E-state index contributed by atoms with van der Waals surface area (Å²) in [6.07, 6.45) is 14.6. The van der Waals surface area contributed by atoms with Crippen molar-refractivity contribution in [2.24, 2.45) is 23.2 Å². The molecule has 0 radical (unpaired) electrons. The molecular weight excluding hydrogens is 645 g/mol. The van der Waals surface area contributed by atoms with Crippen LogP contribution in [0.5, 0.6) is 0 Å². The molecule has 0 bridgehead atoms. The topological polar surface area (TPSA) is 54.0 Å². The second kappa shape index (κ2) is 14.8. The van der Waals surface area contributed by atoms with Crippen molar-refractivity contribution in [3.63, 3.8) is 0 Å². The van der Waals surface area contributed by atoms with Crippen molar-refractivity contribution in [2.45, 2.75) is 194 Å². The zero-order chi connectivity index (χ0) is 36.7. The van der Waals surface area contributed by atoms with Gasteiger partial charge >= 0.3 is 5.97 Å². The number of rotatable bonds is 11. The van der Waals surface area contributed by atoms with E-state index in [4.69, 9.17) is 18.0 Å². The first-order valence-corrected chi connectivity index (χ1v) is 28.4. The average Bonchev–Trinajstić information content (AvgIpc) is 3.24. The van der Waals surface area contributed by atoms with Crippen LogP contribution in [0.25, 0.3) is 0 Å². The average molecular weight is 721 g/mol. The van der Waals surface area contributed by atoms with Crippen molar-refractivity contribution in [1.82, 2.24) is 0 Å². The smallest absolute Gasteiger partial charge is 0.336 e. The highest BCUT2D eigenvalue weighted by atomic mass is 28.4. The van der Waals surface area contributed by atoms with Gasteiger partial charge in [-0.05, 0) is 144 Å². The standard InChI is InChI=1S/C40H76O5Si3/c1-29(28-42-36(41)39(8,9)45-46(11,12)13)34-22-23-35-31(19-18-24-40(34,35)10)21-20-30-25-32(43-47(14,15)37(2,3)4)27-33(26-30)44-48(16,17)38(5,6)7/h20-21,29,32-35H,18-19,22-28H2,1-17H3/b31-21+/t29-,32+,33+,34+,35?,40+/m0/s1. The van der Waals surface area contributed by atoms with Gasteiger partial charge in [-0.15, -0.1) is 0 Å². The molecule has 3 aliphatic rings. The van der Waals surface area contributed by atoms with Gasteiger partial charge in [0, 0.05) is 0 Å². The molecule has 48 heavy (non-hydrogen) atoms. The second-order valence-electron chi connectivity index (χ2n) is 20.6. The van der Waals surface area contributed by atoms with Gasteiger partial charge < -0.3 is 18.0 Å². The van der Waals surface area contributed by atoms with Crippen LogP contribution in [-0.2, 0) is 22.8 Å². The van der Waals surface area contributed by atoms with E-state index in [9.17, 15) is 4.79 Å². The van der Waals surface area contributed by atoms with E-state index >= 15 is 0 Å². The molecule has 3 rings (SSSR count). The Kier molecular flexibility index (Phi) is 13.0. The van der Waals surface area contributed by atoms with E-state index in [-0.39, 0.29) is 33.7 Å². The largest absolute Gasteiger partial charge is 0.463 e. The van der Waals surface area contributed by atoms with Crippen molar-refractivity contribution in [3.05, 3.63) is 23.3 Å². The van der Waals surface area contributed by atoms with Crippen LogP contribution in [0.4, 0.5) is 0 Å². The van der Waals surface area contributed by atoms with Gasteiger partial charge in [-0.25, -0.2) is 4.79 Å². The molecule has 0 heterocycles. The van der Waals surface area contributed by atoms with E-state index in [1.165, 1.54) is 37.7 Å². The van der Waals surface area contributed by atoms with Gasteiger partial charge in [-0.1, -0.05) is 78.7 Å². The van der Waals surface area contributed by atoms with Crippen LogP contribution in [0.15, 0.2) is 23.3 Å². The summed E-state index contributed by atoms with van der Waals surface area (Å²) in [5, 5.41) is 0.371. The Balaban J connectivity index is 1.79. The van der Waals surface area contributed by atoms with Gasteiger partial charge in [-0.2, -0.15) is 0 Å². The van der Waals surface area contributed by atoms with Crippen molar-refractivity contribution >= 4 is 30.9 Å². The molecule has 0 N–H and O–H groups in total. The van der Waals surface area contributed by atoms with Crippen molar-refractivity contribution in [1.29, 1.82) is 0 Å². The Morgan fingerprint density at radius 3 is 1.85 bits per heavy atom. The second-order valence-corrected chi connectivity index (χ2v) is 34.5. The molecule has 278 valence electrons. The highest BCUT2D eigenvalue weighted by molar-refractivity contribution is 6.74. The first kappa shape index (κ1) is 41.9. The lowest BCUT2D eigenvalue weighted by Crippen LogP contribution is -2.48. The fourth-order valence-electron chi connectivity index (χ4n) is 8.37. The number of hydrogen-bond donors (Lipinski definition) is 0. The van der Waals surface area contributed by atoms with Gasteiger partial charge in [0.15, 0.2) is 25.0 Å². The molecule has 0 saturated heterocycles. The number of carbonyl (C=O) groups is 1. The SMILES string of the molecule is C[C@@H](COC(=O)C(C)(C)O[Si](C)(C)C)[C@H]1CCC2/C(=C/C=C3C[C@@H](O[Si](C)(C)C(C)(C)C)C[C@H](O[Si](C)(C)C(C)(C)C)C3)CCC[C@@]21C. The minimum atomic E-state index is -1.91. The Morgan fingerprint density at radius 2 is 1.38 bits per heavy atom. The van der Waals surface area contributed by atoms with Crippen LogP contribution in [-0.4, -0.2) is 55.3 Å². The highest BCUT2D eigenvalue weighted by Gasteiger charge is 2.51. The summed E-state index contributed by atoms with van der Waals surface area (Å²) in [4.78, 5) is 13.1. The van der Waals surface area contributed by atoms with Crippen LogP contribution in [0.3, 0.4) is 0 Å². The normalized spacial score (nSPS) is 29.5. The lowest BCUT2D eigenvalue weighted by molar-refractivity contribution is -0.162. The quantitative estimate of drug-likeness (QED) is 0.157. The van der Waals surface area contributed by atoms with Crippen molar-refractivity contribution in [2.75, 3.05) is 6.61 Å². The molecule has 5 nitrogen and oxygen atoms in total. The molecule has 6 atom stereocenters. The van der Waals surface area contributed by atoms with Gasteiger partial charge in [-0.3, -0.25) is 0 Å². The Morgan fingerprint density at radius 1 is 0.854 bits per heavy atom. The summed E-state index contributed by atoms with van der Waals surface area (Å²) in [6, 6.07) is 0. The third-order valence-corrected chi connectivity index (χ3v) is 23.0. The zero-order valence-electron chi connectivity index (χ0n) is 34.4. The van der Waals surface area contributed by atoms with Gasteiger partial charge in [0.2, 0.25) is 0 Å². The van der Waals surface area contributed by atoms with E-state index in [0.717, 1.165) is 19.3 Å². The number of esters is 1. The molecule has 0 aliphatic heterocycles. The molecule has 0 amide bonds. The third-order valence-electron chi connectivity index (χ3n) is 12.8. The summed E-state index contributed by atoms with van der Waals surface area (Å²) in [6.45, 7) is 39.0. The highest BCUT2D eigenvalue weighted by Crippen LogP contribution is 2.59. The molecule has 0 aromatic rings. The molecule has 8 heteroatoms. The molecular formula is C40H76O5Si3. The molecule has 3 fully saturated rings. The van der Waals surface area contributed by atoms with Crippen LogP contribution in [0.2, 0.25) is 55.9 Å². The monoisotopic (exact) mass is 721 g/mol. The molecule has 3 aliphatic carbocycles. The van der Waals surface area contributed by atoms with Gasteiger partial charge in [0.05, 0.1) is 18.8 Å². The first-order chi connectivity index (χ1) is 21.6. The number of fused-ring (bicyclic) bond motifs is 1. The Bertz CT molecular complexity index is 1140. The van der Waals surface area contributed by atoms with Crippen LogP contribution in [0, 0.1) is 23.2 Å². The lowest BCUT2D eigenvalue weighted by atomic mass is 9.61. The lowest BCUT2D eigenvalue weighted by Gasteiger charge is -2.45. The predicted molar refractivity (Wildman–Crippen MR) is 211 cm³/mol. The molecule has 0 spiro atoms. The third kappa shape index (κ3) is 10.3. The number of allylic oxidation sites excluding steroid dienone is 3. The van der Waals surface area contributed by atoms with E-state index in [0.29, 0.717) is 24.4 Å². The molecule has 0 aromatic heterocycles. The predicted octanol–water partition coefficient (Wildman–Crippen LogP) is 11.8. The maximum absolute atomic E-state index is 13.1. The fraction of sp³-hybridized carbons (Fsp3) is 0.875. The summed E-state index contributed by atoms with van der Waals surface area (Å²) in [7, 11) is -5.68. The maximum Gasteiger partial charge on any atom is 0.336 e. The first-order valence-electron chi connectivity index (χ1n) is 19.2. The van der Waals surface area contributed by atoms with Crippen molar-refractivity contribution in [3.8, 4) is 0 Å². The van der Waals surface area contributed by atoms with Crippen LogP contribution in [0.1, 0.15) is 121 Å². The van der Waals surface area contributed by atoms with E-state index in [1.807, 2.05) is 13.8 Å². The number of carbonyl (C=O) groups excluding carboxylic acids is 1. The Hall–Kier alpha value is -0.519. The number of ether oxygens (including phenoxy) is 1. The van der Waals surface area contributed by atoms with Gasteiger partial charge in [0.25, 0.3) is 0 Å². The summed E-state index contributed by atoms with van der Waals surface area (Å²) < 4.78 is 26.3. The van der Waals surface area contributed by atoms with E-state index in [2.05, 4.69) is 113 Å². The maximum atomic E-state index is 13.1. The summed E-state index contributed by atoms with van der Waals surface area (Å²) in [5.41, 5.74) is 2.46. The minimum absolute atomic E-state index is 0.186. The van der Waals surface area contributed by atoms with Crippen molar-refractivity contribution < 1.29 is 22.8 Å². The van der Waals surface area contributed by atoms with E-state index in [1.54, 1.807) is 5.57 Å². The van der Waals surface area contributed by atoms with Crippen LogP contribution < -0.4 is 0 Å². The molecule has 0 aromatic carbocycles. The van der Waals surface area contributed by atoms with Crippen LogP contribution >= 0.6 is 0 Å². The molecule has 3 saturated carbocycles. The fourth-order valence-corrected chi connectivity index (χ4v) is 12.7. The Labute approximate surface area is 300 Å². The summed E-state index contributed by atoms with van der Waals surface area (Å²) in [5.74, 6) is 1.24. The molecule has 1 unspecified atom stereocenters. The number of hydrogen-bond acceptors (Lipinski definition) is 5.